The van der Waals surface area contributed by atoms with Crippen LogP contribution in [0.5, 0.6) is 11.5 Å². The molecule has 0 fully saturated rings. The number of anilines is 1. The Balaban J connectivity index is 1.63. The van der Waals surface area contributed by atoms with E-state index in [1.807, 2.05) is 0 Å². The first-order chi connectivity index (χ1) is 13.5. The number of hydrogen-bond donors (Lipinski definition) is 1. The molecule has 1 amide bonds. The van der Waals surface area contributed by atoms with Crippen LogP contribution in [0.1, 0.15) is 12.3 Å². The van der Waals surface area contributed by atoms with Gasteiger partial charge < -0.3 is 19.3 Å². The quantitative estimate of drug-likeness (QED) is 0.636. The van der Waals surface area contributed by atoms with Crippen molar-refractivity contribution in [2.24, 2.45) is 0 Å². The van der Waals surface area contributed by atoms with Gasteiger partial charge in [0.25, 0.3) is 0 Å². The number of nitrogens with one attached hydrogen (secondary N) is 1. The van der Waals surface area contributed by atoms with E-state index >= 15 is 0 Å². The molecular weight excluding hydrogens is 389 g/mol. The summed E-state index contributed by atoms with van der Waals surface area (Å²) in [5, 5.41) is 6.96. The molecule has 0 saturated heterocycles. The monoisotopic (exact) mass is 405 g/mol. The SMILES string of the molecule is COc1cc(NC(=O)CCc2nc(-c3ccc(F)cc3)no2)c(OC)cc1Cl. The van der Waals surface area contributed by atoms with Gasteiger partial charge in [0.2, 0.25) is 17.6 Å². The number of carbonyl (C=O) groups is 1. The van der Waals surface area contributed by atoms with Gasteiger partial charge in [-0.3, -0.25) is 4.79 Å². The highest BCUT2D eigenvalue weighted by molar-refractivity contribution is 6.32. The Morgan fingerprint density at radius 3 is 2.57 bits per heavy atom. The molecule has 0 unspecified atom stereocenters. The molecule has 9 heteroatoms. The molecule has 0 radical (unpaired) electrons. The lowest BCUT2D eigenvalue weighted by Crippen LogP contribution is -2.13. The second-order valence-electron chi connectivity index (χ2n) is 5.75. The van der Waals surface area contributed by atoms with Crippen molar-refractivity contribution in [3.05, 3.63) is 53.1 Å². The molecule has 1 aromatic heterocycles. The van der Waals surface area contributed by atoms with Crippen LogP contribution < -0.4 is 14.8 Å². The number of carbonyl (C=O) groups excluding carboxylic acids is 1. The van der Waals surface area contributed by atoms with Gasteiger partial charge in [-0.15, -0.1) is 0 Å². The molecule has 146 valence electrons. The normalized spacial score (nSPS) is 10.6. The maximum atomic E-state index is 13.0. The Bertz CT molecular complexity index is 976. The Hall–Kier alpha value is -3.13. The van der Waals surface area contributed by atoms with Crippen LogP contribution in [-0.2, 0) is 11.2 Å². The maximum Gasteiger partial charge on any atom is 0.227 e. The summed E-state index contributed by atoms with van der Waals surface area (Å²) in [6.07, 6.45) is 0.353. The van der Waals surface area contributed by atoms with Gasteiger partial charge in [-0.05, 0) is 24.3 Å². The molecule has 3 aromatic rings. The second-order valence-corrected chi connectivity index (χ2v) is 6.16. The first-order valence-electron chi connectivity index (χ1n) is 8.30. The molecule has 0 aliphatic rings. The number of nitrogens with zero attached hydrogens (tertiary/aromatic N) is 2. The summed E-state index contributed by atoms with van der Waals surface area (Å²) in [6, 6.07) is 8.87. The number of hydrogen-bond acceptors (Lipinski definition) is 6. The van der Waals surface area contributed by atoms with Crippen LogP contribution in [0, 0.1) is 5.82 Å². The average Bonchev–Trinajstić information content (AvgIpc) is 3.17. The molecule has 0 aliphatic carbocycles. The predicted octanol–water partition coefficient (Wildman–Crippen LogP) is 4.12. The molecule has 7 nitrogen and oxygen atoms in total. The second kappa shape index (κ2) is 8.71. The number of rotatable bonds is 7. The standard InChI is InChI=1S/C19H17ClFN3O4/c1-26-15-10-14(16(27-2)9-13(15)20)22-17(25)7-8-18-23-19(24-28-18)11-3-5-12(21)6-4-11/h3-6,9-10H,7-8H2,1-2H3,(H,22,25). The van der Waals surface area contributed by atoms with Crippen LogP contribution in [0.4, 0.5) is 10.1 Å². The van der Waals surface area contributed by atoms with Crippen LogP contribution in [0.15, 0.2) is 40.9 Å². The molecule has 28 heavy (non-hydrogen) atoms. The lowest BCUT2D eigenvalue weighted by Gasteiger charge is -2.12. The van der Waals surface area contributed by atoms with Gasteiger partial charge in [0.15, 0.2) is 0 Å². The van der Waals surface area contributed by atoms with Gasteiger partial charge in [0, 0.05) is 30.5 Å². The van der Waals surface area contributed by atoms with Crippen molar-refractivity contribution in [2.75, 3.05) is 19.5 Å². The minimum Gasteiger partial charge on any atom is -0.495 e. The Morgan fingerprint density at radius 2 is 1.89 bits per heavy atom. The summed E-state index contributed by atoms with van der Waals surface area (Å²) in [5.74, 6) is 0.839. The van der Waals surface area contributed by atoms with Gasteiger partial charge >= 0.3 is 0 Å². The lowest BCUT2D eigenvalue weighted by molar-refractivity contribution is -0.116. The van der Waals surface area contributed by atoms with Crippen LogP contribution in [0.25, 0.3) is 11.4 Å². The van der Waals surface area contributed by atoms with E-state index in [2.05, 4.69) is 15.5 Å². The summed E-state index contributed by atoms with van der Waals surface area (Å²) in [5.41, 5.74) is 1.06. The smallest absolute Gasteiger partial charge is 0.227 e. The van der Waals surface area contributed by atoms with Crippen molar-refractivity contribution in [2.45, 2.75) is 12.8 Å². The molecule has 0 aliphatic heterocycles. The van der Waals surface area contributed by atoms with Gasteiger partial charge in [-0.1, -0.05) is 16.8 Å². The number of amides is 1. The molecule has 2 aromatic carbocycles. The highest BCUT2D eigenvalue weighted by Crippen LogP contribution is 2.35. The maximum absolute atomic E-state index is 13.0. The molecular formula is C19H17ClFN3O4. The van der Waals surface area contributed by atoms with Crippen molar-refractivity contribution >= 4 is 23.2 Å². The first-order valence-corrected chi connectivity index (χ1v) is 8.68. The van der Waals surface area contributed by atoms with Crippen molar-refractivity contribution in [1.29, 1.82) is 0 Å². The van der Waals surface area contributed by atoms with Crippen molar-refractivity contribution < 1.29 is 23.2 Å². The van der Waals surface area contributed by atoms with Crippen molar-refractivity contribution in [3.63, 3.8) is 0 Å². The third-order valence-electron chi connectivity index (χ3n) is 3.88. The fourth-order valence-electron chi connectivity index (χ4n) is 2.46. The molecule has 0 spiro atoms. The highest BCUT2D eigenvalue weighted by Gasteiger charge is 2.14. The van der Waals surface area contributed by atoms with Crippen molar-refractivity contribution in [1.82, 2.24) is 10.1 Å². The van der Waals surface area contributed by atoms with Crippen LogP contribution >= 0.6 is 11.6 Å². The van der Waals surface area contributed by atoms with Crippen molar-refractivity contribution in [3.8, 4) is 22.9 Å². The zero-order chi connectivity index (χ0) is 20.1. The molecule has 0 bridgehead atoms. The molecule has 0 saturated carbocycles. The number of methoxy groups -OCH3 is 2. The number of halogens is 2. The largest absolute Gasteiger partial charge is 0.495 e. The molecule has 1 N–H and O–H groups in total. The zero-order valence-electron chi connectivity index (χ0n) is 15.2. The molecule has 1 heterocycles. The van der Waals surface area contributed by atoms with E-state index in [1.54, 1.807) is 24.3 Å². The van der Waals surface area contributed by atoms with Gasteiger partial charge in [-0.25, -0.2) is 4.39 Å². The van der Waals surface area contributed by atoms with E-state index in [0.717, 1.165) is 0 Å². The topological polar surface area (TPSA) is 86.5 Å². The predicted molar refractivity (Wildman–Crippen MR) is 101 cm³/mol. The number of benzene rings is 2. The number of aromatic nitrogens is 2. The van der Waals surface area contributed by atoms with E-state index < -0.39 is 0 Å². The summed E-state index contributed by atoms with van der Waals surface area (Å²) in [6.45, 7) is 0. The Labute approximate surface area is 165 Å². The Morgan fingerprint density at radius 1 is 1.18 bits per heavy atom. The molecule has 3 rings (SSSR count). The highest BCUT2D eigenvalue weighted by atomic mass is 35.5. The van der Waals surface area contributed by atoms with Gasteiger partial charge in [0.1, 0.15) is 17.3 Å². The third-order valence-corrected chi connectivity index (χ3v) is 4.18. The van der Waals surface area contributed by atoms with E-state index in [4.69, 9.17) is 25.6 Å². The van der Waals surface area contributed by atoms with E-state index in [-0.39, 0.29) is 24.6 Å². The number of aryl methyl sites for hydroxylation is 1. The Kier molecular flexibility index (Phi) is 6.10. The number of ether oxygens (including phenoxy) is 2. The summed E-state index contributed by atoms with van der Waals surface area (Å²) >= 11 is 6.05. The fourth-order valence-corrected chi connectivity index (χ4v) is 2.69. The zero-order valence-corrected chi connectivity index (χ0v) is 15.9. The van der Waals surface area contributed by atoms with E-state index in [0.29, 0.717) is 39.5 Å². The minimum atomic E-state index is -0.349. The van der Waals surface area contributed by atoms with E-state index in [9.17, 15) is 9.18 Å². The molecule has 0 atom stereocenters. The third kappa shape index (κ3) is 4.58. The van der Waals surface area contributed by atoms with Gasteiger partial charge in [0.05, 0.1) is 24.9 Å². The fraction of sp³-hybridized carbons (Fsp3) is 0.211. The first kappa shape index (κ1) is 19.6. The van der Waals surface area contributed by atoms with E-state index in [1.165, 1.54) is 26.4 Å². The lowest BCUT2D eigenvalue weighted by atomic mass is 10.2. The summed E-state index contributed by atoms with van der Waals surface area (Å²) in [4.78, 5) is 16.5. The van der Waals surface area contributed by atoms with Gasteiger partial charge in [-0.2, -0.15) is 4.98 Å². The summed E-state index contributed by atoms with van der Waals surface area (Å²) < 4.78 is 28.5. The van der Waals surface area contributed by atoms with Crippen LogP contribution in [-0.4, -0.2) is 30.3 Å². The minimum absolute atomic E-state index is 0.110. The van der Waals surface area contributed by atoms with Crippen LogP contribution in [0.3, 0.4) is 0 Å². The van der Waals surface area contributed by atoms with Crippen LogP contribution in [0.2, 0.25) is 5.02 Å². The summed E-state index contributed by atoms with van der Waals surface area (Å²) in [7, 11) is 2.96. The average molecular weight is 406 g/mol.